The molecule has 1 aromatic carbocycles. The Hall–Kier alpha value is -2.40. The van der Waals surface area contributed by atoms with Crippen molar-refractivity contribution in [2.45, 2.75) is 25.3 Å². The average molecular weight is 352 g/mol. The topological polar surface area (TPSA) is 41.4 Å². The van der Waals surface area contributed by atoms with Crippen molar-refractivity contribution in [3.05, 3.63) is 59.9 Å². The van der Waals surface area contributed by atoms with Crippen molar-refractivity contribution in [3.63, 3.8) is 0 Å². The van der Waals surface area contributed by atoms with E-state index >= 15 is 0 Å². The zero-order valence-corrected chi connectivity index (χ0v) is 15.7. The van der Waals surface area contributed by atoms with Gasteiger partial charge in [-0.15, -0.1) is 0 Å². The van der Waals surface area contributed by atoms with E-state index in [9.17, 15) is 4.79 Å². The van der Waals surface area contributed by atoms with Crippen LogP contribution in [0.15, 0.2) is 48.8 Å². The maximum absolute atomic E-state index is 12.5. The average Bonchev–Trinajstić information content (AvgIpc) is 3.10. The molecule has 0 radical (unpaired) electrons. The number of amides is 1. The molecule has 0 bridgehead atoms. The maximum Gasteiger partial charge on any atom is 0.246 e. The Morgan fingerprint density at radius 3 is 2.88 bits per heavy atom. The Kier molecular flexibility index (Phi) is 6.23. The summed E-state index contributed by atoms with van der Waals surface area (Å²) in [5, 5.41) is 4.12. The molecular weight excluding hydrogens is 324 g/mol. The van der Waals surface area contributed by atoms with Crippen LogP contribution in [0.25, 0.3) is 6.08 Å². The SMILES string of the molecule is CN(C(=O)/C=C/c1cnn(C)c1)[C@@H]1CCCN(CCc2ccccc2)C1. The smallest absolute Gasteiger partial charge is 0.246 e. The van der Waals surface area contributed by atoms with Crippen LogP contribution in [0.1, 0.15) is 24.0 Å². The monoisotopic (exact) mass is 352 g/mol. The Morgan fingerprint density at radius 2 is 2.15 bits per heavy atom. The summed E-state index contributed by atoms with van der Waals surface area (Å²) < 4.78 is 1.74. The van der Waals surface area contributed by atoms with Crippen molar-refractivity contribution in [1.29, 1.82) is 0 Å². The predicted molar refractivity (Wildman–Crippen MR) is 105 cm³/mol. The number of likely N-dealkylation sites (tertiary alicyclic amines) is 1. The number of aryl methyl sites for hydroxylation is 1. The van der Waals surface area contributed by atoms with Gasteiger partial charge >= 0.3 is 0 Å². The minimum Gasteiger partial charge on any atom is -0.338 e. The molecule has 1 saturated heterocycles. The first-order valence-corrected chi connectivity index (χ1v) is 9.31. The lowest BCUT2D eigenvalue weighted by Gasteiger charge is -2.37. The molecule has 1 aromatic heterocycles. The van der Waals surface area contributed by atoms with Crippen molar-refractivity contribution < 1.29 is 4.79 Å². The van der Waals surface area contributed by atoms with Crippen LogP contribution in [-0.4, -0.2) is 58.2 Å². The highest BCUT2D eigenvalue weighted by Gasteiger charge is 2.24. The van der Waals surface area contributed by atoms with Crippen molar-refractivity contribution >= 4 is 12.0 Å². The molecular formula is C21H28N4O. The van der Waals surface area contributed by atoms with Gasteiger partial charge in [0.05, 0.1) is 6.20 Å². The number of hydrogen-bond donors (Lipinski definition) is 0. The minimum atomic E-state index is 0.0590. The Labute approximate surface area is 155 Å². The fourth-order valence-electron chi connectivity index (χ4n) is 3.47. The van der Waals surface area contributed by atoms with Gasteiger partial charge in [0.15, 0.2) is 0 Å². The Balaban J connectivity index is 1.51. The summed E-state index contributed by atoms with van der Waals surface area (Å²) in [6.07, 6.45) is 10.4. The molecule has 0 N–H and O–H groups in total. The zero-order chi connectivity index (χ0) is 18.4. The summed E-state index contributed by atoms with van der Waals surface area (Å²) in [5.41, 5.74) is 2.32. The van der Waals surface area contributed by atoms with E-state index in [1.165, 1.54) is 5.56 Å². The molecule has 1 amide bonds. The Bertz CT molecular complexity index is 737. The fourth-order valence-corrected chi connectivity index (χ4v) is 3.47. The van der Waals surface area contributed by atoms with Gasteiger partial charge < -0.3 is 9.80 Å². The van der Waals surface area contributed by atoms with Crippen LogP contribution in [0, 0.1) is 0 Å². The number of likely N-dealkylation sites (N-methyl/N-ethyl adjacent to an activating group) is 1. The van der Waals surface area contributed by atoms with Gasteiger partial charge in [-0.25, -0.2) is 0 Å². The molecule has 2 heterocycles. The lowest BCUT2D eigenvalue weighted by atomic mass is 10.0. The van der Waals surface area contributed by atoms with Crippen LogP contribution in [0.2, 0.25) is 0 Å². The maximum atomic E-state index is 12.5. The molecule has 3 rings (SSSR count). The van der Waals surface area contributed by atoms with E-state index in [4.69, 9.17) is 0 Å². The second-order valence-electron chi connectivity index (χ2n) is 7.06. The number of carbonyl (C=O) groups excluding carboxylic acids is 1. The summed E-state index contributed by atoms with van der Waals surface area (Å²) in [5.74, 6) is 0.0590. The molecule has 5 heteroatoms. The van der Waals surface area contributed by atoms with E-state index in [1.807, 2.05) is 31.3 Å². The molecule has 1 aliphatic heterocycles. The minimum absolute atomic E-state index is 0.0590. The number of hydrogen-bond acceptors (Lipinski definition) is 3. The van der Waals surface area contributed by atoms with Crippen molar-refractivity contribution in [2.24, 2.45) is 7.05 Å². The van der Waals surface area contributed by atoms with E-state index in [0.29, 0.717) is 0 Å². The van der Waals surface area contributed by atoms with Crippen LogP contribution in [0.3, 0.4) is 0 Å². The largest absolute Gasteiger partial charge is 0.338 e. The molecule has 1 fully saturated rings. The molecule has 1 aliphatic rings. The summed E-state index contributed by atoms with van der Waals surface area (Å²) in [6.45, 7) is 3.13. The molecule has 26 heavy (non-hydrogen) atoms. The van der Waals surface area contributed by atoms with E-state index in [-0.39, 0.29) is 11.9 Å². The quantitative estimate of drug-likeness (QED) is 0.751. The van der Waals surface area contributed by atoms with Crippen molar-refractivity contribution in [1.82, 2.24) is 19.6 Å². The Morgan fingerprint density at radius 1 is 1.35 bits per heavy atom. The van der Waals surface area contributed by atoms with Crippen LogP contribution in [0.5, 0.6) is 0 Å². The highest BCUT2D eigenvalue weighted by molar-refractivity contribution is 5.91. The molecule has 0 spiro atoms. The lowest BCUT2D eigenvalue weighted by molar-refractivity contribution is -0.127. The predicted octanol–water partition coefficient (Wildman–Crippen LogP) is 2.60. The van der Waals surface area contributed by atoms with Gasteiger partial charge in [0.2, 0.25) is 5.91 Å². The normalized spacial score (nSPS) is 18.3. The number of aromatic nitrogens is 2. The first kappa shape index (κ1) is 18.4. The van der Waals surface area contributed by atoms with Gasteiger partial charge in [-0.1, -0.05) is 30.3 Å². The van der Waals surface area contributed by atoms with Gasteiger partial charge in [0.25, 0.3) is 0 Å². The van der Waals surface area contributed by atoms with E-state index < -0.39 is 0 Å². The van der Waals surface area contributed by atoms with Gasteiger partial charge in [-0.05, 0) is 37.4 Å². The van der Waals surface area contributed by atoms with Crippen molar-refractivity contribution in [2.75, 3.05) is 26.7 Å². The zero-order valence-electron chi connectivity index (χ0n) is 15.7. The molecule has 5 nitrogen and oxygen atoms in total. The number of piperidine rings is 1. The molecule has 0 unspecified atom stereocenters. The number of nitrogens with zero attached hydrogens (tertiary/aromatic N) is 4. The third-order valence-corrected chi connectivity index (χ3v) is 5.08. The second-order valence-corrected chi connectivity index (χ2v) is 7.06. The summed E-state index contributed by atoms with van der Waals surface area (Å²) in [7, 11) is 3.79. The van der Waals surface area contributed by atoms with Crippen LogP contribution in [-0.2, 0) is 18.3 Å². The van der Waals surface area contributed by atoms with Crippen LogP contribution < -0.4 is 0 Å². The summed E-state index contributed by atoms with van der Waals surface area (Å²) in [6, 6.07) is 10.9. The third kappa shape index (κ3) is 5.05. The molecule has 2 aromatic rings. The first-order chi connectivity index (χ1) is 12.6. The highest BCUT2D eigenvalue weighted by atomic mass is 16.2. The lowest BCUT2D eigenvalue weighted by Crippen LogP contribution is -2.48. The number of rotatable bonds is 6. The van der Waals surface area contributed by atoms with Crippen molar-refractivity contribution in [3.8, 4) is 0 Å². The van der Waals surface area contributed by atoms with Crippen LogP contribution in [0.4, 0.5) is 0 Å². The summed E-state index contributed by atoms with van der Waals surface area (Å²) >= 11 is 0. The van der Waals surface area contributed by atoms with Gasteiger partial charge in [-0.2, -0.15) is 5.10 Å². The first-order valence-electron chi connectivity index (χ1n) is 9.31. The number of carbonyl (C=O) groups is 1. The molecule has 0 aliphatic carbocycles. The van der Waals surface area contributed by atoms with Gasteiger partial charge in [0, 0.05) is 51.1 Å². The third-order valence-electron chi connectivity index (χ3n) is 5.08. The fraction of sp³-hybridized carbons (Fsp3) is 0.429. The van der Waals surface area contributed by atoms with E-state index in [2.05, 4.69) is 40.3 Å². The molecule has 1 atom stereocenters. The van der Waals surface area contributed by atoms with Gasteiger partial charge in [0.1, 0.15) is 0 Å². The highest BCUT2D eigenvalue weighted by Crippen LogP contribution is 2.16. The summed E-state index contributed by atoms with van der Waals surface area (Å²) in [4.78, 5) is 16.9. The van der Waals surface area contributed by atoms with Crippen LogP contribution >= 0.6 is 0 Å². The van der Waals surface area contributed by atoms with E-state index in [1.54, 1.807) is 17.0 Å². The van der Waals surface area contributed by atoms with Gasteiger partial charge in [-0.3, -0.25) is 9.48 Å². The number of benzene rings is 1. The second kappa shape index (κ2) is 8.81. The van der Waals surface area contributed by atoms with E-state index in [0.717, 1.165) is 44.5 Å². The molecule has 0 saturated carbocycles. The standard InChI is InChI=1S/C21H28N4O/c1-23-16-19(15-22-23)10-11-21(26)24(2)20-9-6-13-25(17-20)14-12-18-7-4-3-5-8-18/h3-5,7-8,10-11,15-16,20H,6,9,12-14,17H2,1-2H3/b11-10+/t20-/m1/s1. The molecule has 138 valence electrons.